The van der Waals surface area contributed by atoms with Gasteiger partial charge < -0.3 is 0 Å². The number of Topliss-reactive ketones (excluding diaryl/α,β-unsaturated/α-hetero) is 1. The molecule has 1 aliphatic rings. The molecule has 1 fully saturated rings. The van der Waals surface area contributed by atoms with E-state index in [0.29, 0.717) is 12.2 Å². The van der Waals surface area contributed by atoms with Crippen molar-refractivity contribution in [3.63, 3.8) is 0 Å². The molecule has 0 spiro atoms. The molecule has 90 valence electrons. The maximum atomic E-state index is 11.6. The molecule has 0 aromatic heterocycles. The van der Waals surface area contributed by atoms with Crippen molar-refractivity contribution < 1.29 is 4.79 Å². The molecule has 3 rings (SSSR count). The van der Waals surface area contributed by atoms with Crippen molar-refractivity contribution in [2.24, 2.45) is 10.9 Å². The Balaban J connectivity index is 2.10. The van der Waals surface area contributed by atoms with Gasteiger partial charge in [0.15, 0.2) is 0 Å². The summed E-state index contributed by atoms with van der Waals surface area (Å²) in [5.41, 5.74) is 2.00. The third-order valence-electron chi connectivity index (χ3n) is 3.64. The maximum absolute atomic E-state index is 11.6. The van der Waals surface area contributed by atoms with Crippen molar-refractivity contribution in [1.29, 1.82) is 0 Å². The Morgan fingerprint density at radius 1 is 1.06 bits per heavy atom. The lowest BCUT2D eigenvalue weighted by Gasteiger charge is -2.05. The molecule has 0 N–H and O–H groups in total. The Morgan fingerprint density at radius 3 is 2.61 bits per heavy atom. The summed E-state index contributed by atoms with van der Waals surface area (Å²) in [6.45, 7) is 1.96. The lowest BCUT2D eigenvalue weighted by molar-refractivity contribution is -0.119. The number of carbonyl (C=O) groups excluding carboxylic acids is 1. The number of fused-ring (bicyclic) bond motifs is 1. The quantitative estimate of drug-likeness (QED) is 0.739. The molecule has 1 saturated carbocycles. The van der Waals surface area contributed by atoms with Gasteiger partial charge in [-0.25, -0.2) is 0 Å². The van der Waals surface area contributed by atoms with Crippen LogP contribution in [0.1, 0.15) is 19.8 Å². The van der Waals surface area contributed by atoms with Gasteiger partial charge in [0.1, 0.15) is 5.78 Å². The molecule has 0 saturated heterocycles. The number of ketones is 1. The van der Waals surface area contributed by atoms with Crippen molar-refractivity contribution in [1.82, 2.24) is 0 Å². The number of carbonyl (C=O) groups is 1. The molecular formula is C16H15NO. The second-order valence-electron chi connectivity index (χ2n) is 4.79. The van der Waals surface area contributed by atoms with Gasteiger partial charge in [0.2, 0.25) is 0 Å². The first kappa shape index (κ1) is 11.1. The third kappa shape index (κ3) is 1.84. The SMILES string of the molecule is CC1C(=O)CCC1=Nc1cccc2ccccc12. The fourth-order valence-electron chi connectivity index (χ4n) is 2.48. The van der Waals surface area contributed by atoms with Crippen LogP contribution in [0.5, 0.6) is 0 Å². The topological polar surface area (TPSA) is 29.4 Å². The number of aliphatic imine (C=N–C) groups is 1. The molecule has 0 bridgehead atoms. The second-order valence-corrected chi connectivity index (χ2v) is 4.79. The standard InChI is InChI=1S/C16H15NO/c1-11-14(9-10-16(11)18)17-15-8-4-6-12-5-2-3-7-13(12)15/h2-8,11H,9-10H2,1H3. The summed E-state index contributed by atoms with van der Waals surface area (Å²) in [4.78, 5) is 16.3. The summed E-state index contributed by atoms with van der Waals surface area (Å²) in [6, 6.07) is 14.3. The number of hydrogen-bond donors (Lipinski definition) is 0. The van der Waals surface area contributed by atoms with Gasteiger partial charge in [0, 0.05) is 17.5 Å². The fraction of sp³-hybridized carbons (Fsp3) is 0.250. The monoisotopic (exact) mass is 237 g/mol. The van der Waals surface area contributed by atoms with E-state index in [1.54, 1.807) is 0 Å². The normalized spacial score (nSPS) is 21.9. The molecule has 0 heterocycles. The summed E-state index contributed by atoms with van der Waals surface area (Å²) >= 11 is 0. The van der Waals surface area contributed by atoms with E-state index in [4.69, 9.17) is 4.99 Å². The average molecular weight is 237 g/mol. The zero-order valence-corrected chi connectivity index (χ0v) is 10.4. The van der Waals surface area contributed by atoms with Crippen LogP contribution in [-0.2, 0) is 4.79 Å². The van der Waals surface area contributed by atoms with Crippen LogP contribution in [0.4, 0.5) is 5.69 Å². The van der Waals surface area contributed by atoms with E-state index in [1.165, 1.54) is 5.39 Å². The van der Waals surface area contributed by atoms with Crippen LogP contribution >= 0.6 is 0 Å². The summed E-state index contributed by atoms with van der Waals surface area (Å²) in [5, 5.41) is 2.34. The van der Waals surface area contributed by atoms with Crippen molar-refractivity contribution in [3.8, 4) is 0 Å². The predicted molar refractivity (Wildman–Crippen MR) is 74.4 cm³/mol. The molecule has 0 aliphatic heterocycles. The largest absolute Gasteiger partial charge is 0.299 e. The van der Waals surface area contributed by atoms with E-state index in [0.717, 1.165) is 23.2 Å². The van der Waals surface area contributed by atoms with Gasteiger partial charge in [-0.3, -0.25) is 9.79 Å². The zero-order chi connectivity index (χ0) is 12.5. The highest BCUT2D eigenvalue weighted by molar-refractivity contribution is 6.12. The Bertz CT molecular complexity index is 637. The number of hydrogen-bond acceptors (Lipinski definition) is 2. The first-order valence-electron chi connectivity index (χ1n) is 6.33. The molecule has 1 unspecified atom stereocenters. The number of benzene rings is 2. The van der Waals surface area contributed by atoms with Crippen LogP contribution < -0.4 is 0 Å². The van der Waals surface area contributed by atoms with E-state index in [1.807, 2.05) is 31.2 Å². The smallest absolute Gasteiger partial charge is 0.141 e. The number of nitrogens with zero attached hydrogens (tertiary/aromatic N) is 1. The molecule has 0 radical (unpaired) electrons. The first-order valence-corrected chi connectivity index (χ1v) is 6.33. The van der Waals surface area contributed by atoms with Crippen LogP contribution in [0.15, 0.2) is 47.5 Å². The lowest BCUT2D eigenvalue weighted by Crippen LogP contribution is -2.08. The minimum atomic E-state index is -0.0102. The number of rotatable bonds is 1. The summed E-state index contributed by atoms with van der Waals surface area (Å²) in [6.07, 6.45) is 1.45. The Hall–Kier alpha value is -1.96. The first-order chi connectivity index (χ1) is 8.75. The summed E-state index contributed by atoms with van der Waals surface area (Å²) < 4.78 is 0. The highest BCUT2D eigenvalue weighted by Crippen LogP contribution is 2.29. The Morgan fingerprint density at radius 2 is 1.83 bits per heavy atom. The van der Waals surface area contributed by atoms with E-state index >= 15 is 0 Å². The van der Waals surface area contributed by atoms with Crippen LogP contribution in [0, 0.1) is 5.92 Å². The highest BCUT2D eigenvalue weighted by atomic mass is 16.1. The van der Waals surface area contributed by atoms with E-state index in [2.05, 4.69) is 18.2 Å². The van der Waals surface area contributed by atoms with Crippen LogP contribution in [0.3, 0.4) is 0 Å². The van der Waals surface area contributed by atoms with Crippen LogP contribution in [0.25, 0.3) is 10.8 Å². The molecular weight excluding hydrogens is 222 g/mol. The molecule has 2 aromatic carbocycles. The van der Waals surface area contributed by atoms with Gasteiger partial charge in [-0.2, -0.15) is 0 Å². The van der Waals surface area contributed by atoms with Crippen molar-refractivity contribution >= 4 is 28.0 Å². The van der Waals surface area contributed by atoms with Crippen LogP contribution in [0.2, 0.25) is 0 Å². The third-order valence-corrected chi connectivity index (χ3v) is 3.64. The predicted octanol–water partition coefficient (Wildman–Crippen LogP) is 3.91. The van der Waals surface area contributed by atoms with Gasteiger partial charge in [0.05, 0.1) is 11.6 Å². The average Bonchev–Trinajstić information content (AvgIpc) is 2.71. The van der Waals surface area contributed by atoms with Crippen molar-refractivity contribution in [2.75, 3.05) is 0 Å². The van der Waals surface area contributed by atoms with Gasteiger partial charge in [-0.15, -0.1) is 0 Å². The summed E-state index contributed by atoms with van der Waals surface area (Å²) in [5.74, 6) is 0.304. The molecule has 2 nitrogen and oxygen atoms in total. The molecule has 1 atom stereocenters. The fourth-order valence-corrected chi connectivity index (χ4v) is 2.48. The molecule has 1 aliphatic carbocycles. The van der Waals surface area contributed by atoms with E-state index in [-0.39, 0.29) is 5.92 Å². The molecule has 2 aromatic rings. The zero-order valence-electron chi connectivity index (χ0n) is 10.4. The van der Waals surface area contributed by atoms with E-state index in [9.17, 15) is 4.79 Å². The Kier molecular flexibility index (Phi) is 2.71. The molecule has 18 heavy (non-hydrogen) atoms. The Labute approximate surface area is 106 Å². The molecule has 2 heteroatoms. The maximum Gasteiger partial charge on any atom is 0.141 e. The van der Waals surface area contributed by atoms with Crippen molar-refractivity contribution in [3.05, 3.63) is 42.5 Å². The van der Waals surface area contributed by atoms with Crippen LogP contribution in [-0.4, -0.2) is 11.5 Å². The highest BCUT2D eigenvalue weighted by Gasteiger charge is 2.26. The van der Waals surface area contributed by atoms with E-state index < -0.39 is 0 Å². The van der Waals surface area contributed by atoms with Crippen molar-refractivity contribution in [2.45, 2.75) is 19.8 Å². The van der Waals surface area contributed by atoms with Gasteiger partial charge >= 0.3 is 0 Å². The summed E-state index contributed by atoms with van der Waals surface area (Å²) in [7, 11) is 0. The van der Waals surface area contributed by atoms with Gasteiger partial charge in [-0.05, 0) is 17.9 Å². The minimum Gasteiger partial charge on any atom is -0.299 e. The molecule has 0 amide bonds. The van der Waals surface area contributed by atoms with Gasteiger partial charge in [0.25, 0.3) is 0 Å². The minimum absolute atomic E-state index is 0.0102. The van der Waals surface area contributed by atoms with Gasteiger partial charge in [-0.1, -0.05) is 43.3 Å². The second kappa shape index (κ2) is 4.37. The lowest BCUT2D eigenvalue weighted by atomic mass is 10.1.